The molecule has 17 heavy (non-hydrogen) atoms. The third kappa shape index (κ3) is 3.83. The average Bonchev–Trinajstić information content (AvgIpc) is 2.25. The fourth-order valence-corrected chi connectivity index (χ4v) is 2.15. The van der Waals surface area contributed by atoms with E-state index in [2.05, 4.69) is 4.72 Å². The highest BCUT2D eigenvalue weighted by Gasteiger charge is 2.26. The minimum Gasteiger partial charge on any atom is -0.480 e. The van der Waals surface area contributed by atoms with E-state index in [1.165, 1.54) is 0 Å². The lowest BCUT2D eigenvalue weighted by Gasteiger charge is -2.10. The van der Waals surface area contributed by atoms with Crippen molar-refractivity contribution in [2.75, 3.05) is 0 Å². The molecule has 1 aromatic rings. The molecule has 0 aliphatic carbocycles. The molecule has 0 spiro atoms. The number of benzene rings is 1. The molecule has 1 unspecified atom stereocenters. The number of carboxylic acid groups (broad SMARTS) is 1. The normalized spacial score (nSPS) is 13.3. The van der Waals surface area contributed by atoms with Gasteiger partial charge in [-0.1, -0.05) is 29.8 Å². The lowest BCUT2D eigenvalue weighted by atomic mass is 10.1. The van der Waals surface area contributed by atoms with Crippen molar-refractivity contribution in [1.29, 1.82) is 0 Å². The Morgan fingerprint density at radius 1 is 1.47 bits per heavy atom. The Hall–Kier alpha value is -1.40. The van der Waals surface area contributed by atoms with Gasteiger partial charge in [0.05, 0.1) is 0 Å². The SMILES string of the molecule is Cc1cccc(CNS(=O)(=O)C(C)C(=O)O)c1. The van der Waals surface area contributed by atoms with E-state index in [0.29, 0.717) is 0 Å². The molecular formula is C11H15NO4S. The monoisotopic (exact) mass is 257 g/mol. The number of carbonyl (C=O) groups is 1. The molecule has 6 heteroatoms. The molecule has 0 amide bonds. The van der Waals surface area contributed by atoms with Gasteiger partial charge in [-0.3, -0.25) is 4.79 Å². The predicted molar refractivity (Wildman–Crippen MR) is 64.0 cm³/mol. The maximum atomic E-state index is 11.5. The first-order valence-electron chi connectivity index (χ1n) is 5.10. The zero-order valence-electron chi connectivity index (χ0n) is 9.67. The molecule has 0 aromatic heterocycles. The number of hydrogen-bond donors (Lipinski definition) is 2. The van der Waals surface area contributed by atoms with Gasteiger partial charge in [0, 0.05) is 6.54 Å². The Morgan fingerprint density at radius 3 is 2.65 bits per heavy atom. The Kier molecular flexibility index (Phi) is 4.25. The molecule has 0 aliphatic rings. The van der Waals surface area contributed by atoms with Gasteiger partial charge >= 0.3 is 5.97 Å². The third-order valence-corrected chi connectivity index (χ3v) is 4.05. The van der Waals surface area contributed by atoms with E-state index >= 15 is 0 Å². The molecule has 1 aromatic carbocycles. The Labute approximate surface area is 101 Å². The van der Waals surface area contributed by atoms with E-state index in [9.17, 15) is 13.2 Å². The molecule has 0 heterocycles. The van der Waals surface area contributed by atoms with E-state index < -0.39 is 21.2 Å². The number of sulfonamides is 1. The van der Waals surface area contributed by atoms with Gasteiger partial charge < -0.3 is 5.11 Å². The van der Waals surface area contributed by atoms with Crippen LogP contribution in [0.5, 0.6) is 0 Å². The highest BCUT2D eigenvalue weighted by Crippen LogP contribution is 2.05. The lowest BCUT2D eigenvalue weighted by molar-refractivity contribution is -0.136. The summed E-state index contributed by atoms with van der Waals surface area (Å²) in [5, 5.41) is 7.19. The highest BCUT2D eigenvalue weighted by molar-refractivity contribution is 7.90. The molecule has 0 saturated heterocycles. The van der Waals surface area contributed by atoms with Gasteiger partial charge in [-0.2, -0.15) is 0 Å². The van der Waals surface area contributed by atoms with Crippen LogP contribution in [0.15, 0.2) is 24.3 Å². The van der Waals surface area contributed by atoms with Crippen molar-refractivity contribution >= 4 is 16.0 Å². The fraction of sp³-hybridized carbons (Fsp3) is 0.364. The minimum absolute atomic E-state index is 0.0988. The number of aryl methyl sites for hydroxylation is 1. The van der Waals surface area contributed by atoms with Crippen molar-refractivity contribution in [2.45, 2.75) is 25.6 Å². The van der Waals surface area contributed by atoms with Crippen molar-refractivity contribution < 1.29 is 18.3 Å². The van der Waals surface area contributed by atoms with E-state index in [4.69, 9.17) is 5.11 Å². The van der Waals surface area contributed by atoms with Crippen LogP contribution in [0.3, 0.4) is 0 Å². The molecule has 0 fully saturated rings. The summed E-state index contributed by atoms with van der Waals surface area (Å²) < 4.78 is 25.4. The Morgan fingerprint density at radius 2 is 2.12 bits per heavy atom. The van der Waals surface area contributed by atoms with Crippen molar-refractivity contribution in [3.8, 4) is 0 Å². The summed E-state index contributed by atoms with van der Waals surface area (Å²) in [6, 6.07) is 7.34. The lowest BCUT2D eigenvalue weighted by Crippen LogP contribution is -2.37. The molecule has 0 bridgehead atoms. The number of nitrogens with one attached hydrogen (secondary N) is 1. The van der Waals surface area contributed by atoms with Gasteiger partial charge in [0.25, 0.3) is 0 Å². The topological polar surface area (TPSA) is 83.5 Å². The molecule has 1 rings (SSSR count). The second-order valence-corrected chi connectivity index (χ2v) is 5.92. The van der Waals surface area contributed by atoms with Crippen LogP contribution in [-0.2, 0) is 21.4 Å². The van der Waals surface area contributed by atoms with Gasteiger partial charge in [-0.05, 0) is 19.4 Å². The van der Waals surface area contributed by atoms with Crippen molar-refractivity contribution in [3.63, 3.8) is 0 Å². The van der Waals surface area contributed by atoms with Crippen LogP contribution >= 0.6 is 0 Å². The first-order chi connectivity index (χ1) is 7.83. The van der Waals surface area contributed by atoms with E-state index in [0.717, 1.165) is 18.1 Å². The number of rotatable bonds is 5. The van der Waals surface area contributed by atoms with Crippen molar-refractivity contribution in [1.82, 2.24) is 4.72 Å². The average molecular weight is 257 g/mol. The maximum Gasteiger partial charge on any atom is 0.323 e. The molecule has 5 nitrogen and oxygen atoms in total. The van der Waals surface area contributed by atoms with Gasteiger partial charge in [0.2, 0.25) is 10.0 Å². The minimum atomic E-state index is -3.82. The quantitative estimate of drug-likeness (QED) is 0.820. The van der Waals surface area contributed by atoms with E-state index in [1.807, 2.05) is 25.1 Å². The fourth-order valence-electron chi connectivity index (χ4n) is 1.26. The molecule has 1 atom stereocenters. The van der Waals surface area contributed by atoms with Gasteiger partial charge in [0.15, 0.2) is 5.25 Å². The second-order valence-electron chi connectivity index (χ2n) is 3.84. The van der Waals surface area contributed by atoms with Crippen molar-refractivity contribution in [2.24, 2.45) is 0 Å². The van der Waals surface area contributed by atoms with Gasteiger partial charge in [0.1, 0.15) is 0 Å². The van der Waals surface area contributed by atoms with Gasteiger partial charge in [-0.25, -0.2) is 13.1 Å². The van der Waals surface area contributed by atoms with Crippen molar-refractivity contribution in [3.05, 3.63) is 35.4 Å². The number of carboxylic acids is 1. The maximum absolute atomic E-state index is 11.5. The third-order valence-electron chi connectivity index (χ3n) is 2.37. The van der Waals surface area contributed by atoms with Crippen LogP contribution in [0.2, 0.25) is 0 Å². The molecule has 0 saturated carbocycles. The largest absolute Gasteiger partial charge is 0.480 e. The van der Waals surface area contributed by atoms with Crippen LogP contribution in [0.4, 0.5) is 0 Å². The van der Waals surface area contributed by atoms with Crippen LogP contribution in [-0.4, -0.2) is 24.7 Å². The molecule has 0 radical (unpaired) electrons. The first kappa shape index (κ1) is 13.7. The molecule has 2 N–H and O–H groups in total. The summed E-state index contributed by atoms with van der Waals surface area (Å²) in [7, 11) is -3.82. The van der Waals surface area contributed by atoms with E-state index in [1.54, 1.807) is 6.07 Å². The summed E-state index contributed by atoms with van der Waals surface area (Å²) in [4.78, 5) is 10.6. The van der Waals surface area contributed by atoms with Crippen LogP contribution in [0.1, 0.15) is 18.1 Å². The standard InChI is InChI=1S/C11H15NO4S/c1-8-4-3-5-10(6-8)7-12-17(15,16)9(2)11(13)14/h3-6,9,12H,7H2,1-2H3,(H,13,14). The number of hydrogen-bond acceptors (Lipinski definition) is 3. The Balaban J connectivity index is 2.71. The second kappa shape index (κ2) is 5.29. The zero-order chi connectivity index (χ0) is 13.1. The molecule has 0 aliphatic heterocycles. The number of aliphatic carboxylic acids is 1. The summed E-state index contributed by atoms with van der Waals surface area (Å²) in [5.74, 6) is -1.36. The summed E-state index contributed by atoms with van der Waals surface area (Å²) >= 11 is 0. The molecular weight excluding hydrogens is 242 g/mol. The first-order valence-corrected chi connectivity index (χ1v) is 6.64. The summed E-state index contributed by atoms with van der Waals surface area (Å²) in [6.45, 7) is 3.14. The summed E-state index contributed by atoms with van der Waals surface area (Å²) in [6.07, 6.45) is 0. The van der Waals surface area contributed by atoms with Gasteiger partial charge in [-0.15, -0.1) is 0 Å². The van der Waals surface area contributed by atoms with Crippen LogP contribution in [0, 0.1) is 6.92 Å². The van der Waals surface area contributed by atoms with E-state index in [-0.39, 0.29) is 6.54 Å². The van der Waals surface area contributed by atoms with Crippen LogP contribution < -0.4 is 4.72 Å². The molecule has 94 valence electrons. The summed E-state index contributed by atoms with van der Waals surface area (Å²) in [5.41, 5.74) is 1.82. The zero-order valence-corrected chi connectivity index (χ0v) is 10.5. The predicted octanol–water partition coefficient (Wildman–Crippen LogP) is 0.888. The Bertz CT molecular complexity index is 510. The smallest absolute Gasteiger partial charge is 0.323 e. The highest BCUT2D eigenvalue weighted by atomic mass is 32.2. The van der Waals surface area contributed by atoms with Crippen LogP contribution in [0.25, 0.3) is 0 Å².